The van der Waals surface area contributed by atoms with E-state index < -0.39 is 36.1 Å². The molecule has 0 bridgehead atoms. The summed E-state index contributed by atoms with van der Waals surface area (Å²) >= 11 is 0. The van der Waals surface area contributed by atoms with Crippen LogP contribution in [-0.2, 0) is 17.5 Å². The summed E-state index contributed by atoms with van der Waals surface area (Å²) in [7, 11) is 0. The second-order valence-electron chi connectivity index (χ2n) is 6.78. The van der Waals surface area contributed by atoms with Crippen molar-refractivity contribution in [3.8, 4) is 11.1 Å². The van der Waals surface area contributed by atoms with E-state index in [1.807, 2.05) is 0 Å². The van der Waals surface area contributed by atoms with Gasteiger partial charge in [-0.3, -0.25) is 14.7 Å². The molecule has 3 rings (SSSR count). The van der Waals surface area contributed by atoms with Crippen molar-refractivity contribution in [3.63, 3.8) is 0 Å². The molecule has 1 aliphatic rings. The number of carbonyl (C=O) groups is 2. The summed E-state index contributed by atoms with van der Waals surface area (Å²) in [6.07, 6.45) is -4.79. The van der Waals surface area contributed by atoms with Gasteiger partial charge >= 0.3 is 12.3 Å². The van der Waals surface area contributed by atoms with Gasteiger partial charge in [0.1, 0.15) is 6.04 Å². The van der Waals surface area contributed by atoms with Crippen LogP contribution in [0.2, 0.25) is 0 Å². The van der Waals surface area contributed by atoms with Gasteiger partial charge in [-0.25, -0.2) is 14.8 Å². The second kappa shape index (κ2) is 8.22. The molecule has 1 saturated heterocycles. The largest absolute Gasteiger partial charge is 0.465 e. The SMILES string of the molecule is Cc1cc(-c2cnc(C(F)(F)F)nc2)cc(CNC(=O)[C@H]2[C@H](O)CCN2C(=O)O)n1. The van der Waals surface area contributed by atoms with Crippen molar-refractivity contribution < 1.29 is 33.0 Å². The lowest BCUT2D eigenvalue weighted by Crippen LogP contribution is -2.49. The van der Waals surface area contributed by atoms with Crippen molar-refractivity contribution in [2.24, 2.45) is 0 Å². The summed E-state index contributed by atoms with van der Waals surface area (Å²) in [4.78, 5) is 35.4. The lowest BCUT2D eigenvalue weighted by molar-refractivity contribution is -0.145. The summed E-state index contributed by atoms with van der Waals surface area (Å²) in [5.74, 6) is -1.91. The van der Waals surface area contributed by atoms with E-state index in [2.05, 4.69) is 20.3 Å². The standard InChI is InChI=1S/C18H18F3N5O4/c1-9-4-10(11-6-23-16(24-7-11)18(19,20)21)5-12(25-9)8-22-15(28)14-13(27)2-3-26(14)17(29)30/h4-7,13-14,27H,2-3,8H2,1H3,(H,22,28)(H,29,30)/t13-,14-/m1/s1. The zero-order valence-corrected chi connectivity index (χ0v) is 15.7. The molecule has 30 heavy (non-hydrogen) atoms. The number of hydrogen-bond donors (Lipinski definition) is 3. The molecule has 1 fully saturated rings. The zero-order valence-electron chi connectivity index (χ0n) is 15.7. The molecule has 160 valence electrons. The number of nitrogens with one attached hydrogen (secondary N) is 1. The van der Waals surface area contributed by atoms with E-state index in [4.69, 9.17) is 5.11 Å². The average molecular weight is 425 g/mol. The lowest BCUT2D eigenvalue weighted by Gasteiger charge is -2.22. The van der Waals surface area contributed by atoms with Crippen LogP contribution in [0.5, 0.6) is 0 Å². The summed E-state index contributed by atoms with van der Waals surface area (Å²) < 4.78 is 37.9. The molecule has 0 unspecified atom stereocenters. The molecule has 2 aromatic heterocycles. The number of pyridine rings is 1. The van der Waals surface area contributed by atoms with Gasteiger partial charge in [0.25, 0.3) is 0 Å². The monoisotopic (exact) mass is 425 g/mol. The van der Waals surface area contributed by atoms with Crippen LogP contribution in [0.15, 0.2) is 24.5 Å². The Morgan fingerprint density at radius 3 is 2.50 bits per heavy atom. The Hall–Kier alpha value is -3.28. The van der Waals surface area contributed by atoms with Gasteiger partial charge in [-0.2, -0.15) is 13.2 Å². The average Bonchev–Trinajstić information content (AvgIpc) is 3.07. The van der Waals surface area contributed by atoms with Gasteiger partial charge in [0.15, 0.2) is 0 Å². The molecule has 0 aromatic carbocycles. The molecule has 12 heteroatoms. The third-order valence-corrected chi connectivity index (χ3v) is 4.57. The van der Waals surface area contributed by atoms with E-state index in [-0.39, 0.29) is 19.5 Å². The Balaban J connectivity index is 1.74. The first-order valence-electron chi connectivity index (χ1n) is 8.89. The van der Waals surface area contributed by atoms with E-state index >= 15 is 0 Å². The first-order valence-corrected chi connectivity index (χ1v) is 8.89. The molecule has 0 spiro atoms. The Kier molecular flexibility index (Phi) is 5.87. The number of alkyl halides is 3. The van der Waals surface area contributed by atoms with Crippen molar-refractivity contribution in [1.82, 2.24) is 25.2 Å². The summed E-state index contributed by atoms with van der Waals surface area (Å²) in [6, 6.07) is 1.97. The zero-order chi connectivity index (χ0) is 22.1. The number of likely N-dealkylation sites (tertiary alicyclic amines) is 1. The molecular formula is C18H18F3N5O4. The number of hydrogen-bond acceptors (Lipinski definition) is 6. The summed E-state index contributed by atoms with van der Waals surface area (Å²) in [5.41, 5.74) is 1.79. The van der Waals surface area contributed by atoms with Crippen molar-refractivity contribution in [2.75, 3.05) is 6.54 Å². The Morgan fingerprint density at radius 1 is 1.23 bits per heavy atom. The van der Waals surface area contributed by atoms with Crippen molar-refractivity contribution >= 4 is 12.0 Å². The quantitative estimate of drug-likeness (QED) is 0.679. The van der Waals surface area contributed by atoms with Crippen molar-refractivity contribution in [3.05, 3.63) is 41.7 Å². The van der Waals surface area contributed by atoms with Gasteiger partial charge in [0.05, 0.1) is 18.3 Å². The topological polar surface area (TPSA) is 129 Å². The molecule has 0 aliphatic carbocycles. The maximum atomic E-state index is 12.6. The fraction of sp³-hybridized carbons (Fsp3) is 0.389. The van der Waals surface area contributed by atoms with E-state index in [9.17, 15) is 27.9 Å². The fourth-order valence-corrected chi connectivity index (χ4v) is 3.21. The molecule has 0 radical (unpaired) electrons. The van der Waals surface area contributed by atoms with Gasteiger partial charge in [0, 0.05) is 30.2 Å². The maximum Gasteiger partial charge on any atom is 0.451 e. The third kappa shape index (κ3) is 4.64. The van der Waals surface area contributed by atoms with Crippen LogP contribution >= 0.6 is 0 Å². The van der Waals surface area contributed by atoms with Crippen LogP contribution in [-0.4, -0.2) is 60.8 Å². The number of aryl methyl sites for hydroxylation is 1. The van der Waals surface area contributed by atoms with Gasteiger partial charge < -0.3 is 15.5 Å². The Labute approximate surface area is 168 Å². The molecule has 2 atom stereocenters. The number of carbonyl (C=O) groups excluding carboxylic acids is 1. The number of aliphatic hydroxyl groups excluding tert-OH is 1. The van der Waals surface area contributed by atoms with Gasteiger partial charge in [0.2, 0.25) is 11.7 Å². The number of amides is 2. The second-order valence-corrected chi connectivity index (χ2v) is 6.78. The lowest BCUT2D eigenvalue weighted by atomic mass is 10.1. The molecule has 1 aliphatic heterocycles. The number of rotatable bonds is 4. The van der Waals surface area contributed by atoms with Crippen LogP contribution in [0, 0.1) is 6.92 Å². The van der Waals surface area contributed by atoms with E-state index in [1.54, 1.807) is 19.1 Å². The minimum atomic E-state index is -4.64. The molecule has 3 heterocycles. The molecule has 3 N–H and O–H groups in total. The highest BCUT2D eigenvalue weighted by Gasteiger charge is 2.41. The van der Waals surface area contributed by atoms with Gasteiger partial charge in [-0.15, -0.1) is 0 Å². The van der Waals surface area contributed by atoms with Crippen LogP contribution in [0.3, 0.4) is 0 Å². The van der Waals surface area contributed by atoms with Crippen LogP contribution in [0.25, 0.3) is 11.1 Å². The number of aromatic nitrogens is 3. The molecule has 9 nitrogen and oxygen atoms in total. The summed E-state index contributed by atoms with van der Waals surface area (Å²) in [6.45, 7) is 1.66. The van der Waals surface area contributed by atoms with E-state index in [1.165, 1.54) is 0 Å². The predicted octanol–water partition coefficient (Wildman–Crippen LogP) is 1.60. The Morgan fingerprint density at radius 2 is 1.90 bits per heavy atom. The van der Waals surface area contributed by atoms with Gasteiger partial charge in [-0.05, 0) is 31.0 Å². The number of aliphatic hydroxyl groups is 1. The van der Waals surface area contributed by atoms with Crippen LogP contribution in [0.1, 0.15) is 23.6 Å². The van der Waals surface area contributed by atoms with E-state index in [0.717, 1.165) is 17.3 Å². The van der Waals surface area contributed by atoms with Crippen molar-refractivity contribution in [1.29, 1.82) is 0 Å². The highest BCUT2D eigenvalue weighted by atomic mass is 19.4. The minimum Gasteiger partial charge on any atom is -0.465 e. The highest BCUT2D eigenvalue weighted by Crippen LogP contribution is 2.27. The fourth-order valence-electron chi connectivity index (χ4n) is 3.21. The molecule has 2 amide bonds. The highest BCUT2D eigenvalue weighted by molar-refractivity contribution is 5.86. The number of nitrogens with zero attached hydrogens (tertiary/aromatic N) is 4. The normalized spacial score (nSPS) is 19.0. The molecular weight excluding hydrogens is 407 g/mol. The van der Waals surface area contributed by atoms with Crippen LogP contribution in [0.4, 0.5) is 18.0 Å². The molecule has 2 aromatic rings. The Bertz CT molecular complexity index is 952. The van der Waals surface area contributed by atoms with Crippen LogP contribution < -0.4 is 5.32 Å². The number of carboxylic acid groups (broad SMARTS) is 1. The summed E-state index contributed by atoms with van der Waals surface area (Å²) in [5, 5.41) is 21.6. The van der Waals surface area contributed by atoms with E-state index in [0.29, 0.717) is 22.5 Å². The first-order chi connectivity index (χ1) is 14.1. The minimum absolute atomic E-state index is 0.0509. The predicted molar refractivity (Wildman–Crippen MR) is 96.0 cm³/mol. The van der Waals surface area contributed by atoms with Crippen molar-refractivity contribution in [2.45, 2.75) is 38.2 Å². The third-order valence-electron chi connectivity index (χ3n) is 4.57. The first kappa shape index (κ1) is 21.4. The molecule has 0 saturated carbocycles. The van der Waals surface area contributed by atoms with Gasteiger partial charge in [-0.1, -0.05) is 0 Å². The smallest absolute Gasteiger partial charge is 0.451 e. The number of halogens is 3. The maximum absolute atomic E-state index is 12.6.